The van der Waals surface area contributed by atoms with Crippen LogP contribution in [0.15, 0.2) is 66.9 Å². The molecule has 28 heavy (non-hydrogen) atoms. The van der Waals surface area contributed by atoms with E-state index in [2.05, 4.69) is 5.32 Å². The summed E-state index contributed by atoms with van der Waals surface area (Å²) in [6.45, 7) is 1.95. The highest BCUT2D eigenvalue weighted by Crippen LogP contribution is 2.30. The molecule has 0 saturated carbocycles. The number of amides is 1. The van der Waals surface area contributed by atoms with Crippen LogP contribution < -0.4 is 10.1 Å². The highest BCUT2D eigenvalue weighted by atomic mass is 19.1. The standard InChI is InChI=1S/C22H18FN3O2/c1-14-7-6-12-26-20(14)24-19(15-8-4-3-5-9-15)21(26)25-22(27)17-11-10-16(28-2)13-18(17)23/h3-13H,1-2H3,(H,25,27). The Morgan fingerprint density at radius 3 is 2.61 bits per heavy atom. The number of rotatable bonds is 4. The second-order valence-corrected chi connectivity index (χ2v) is 6.36. The van der Waals surface area contributed by atoms with Crippen molar-refractivity contribution in [1.29, 1.82) is 0 Å². The lowest BCUT2D eigenvalue weighted by Crippen LogP contribution is -2.15. The molecule has 0 fully saturated rings. The molecule has 2 aromatic carbocycles. The summed E-state index contributed by atoms with van der Waals surface area (Å²) in [6, 6.07) is 17.5. The Bertz CT molecular complexity index is 1170. The Hall–Kier alpha value is -3.67. The molecule has 0 spiro atoms. The molecule has 0 aliphatic rings. The van der Waals surface area contributed by atoms with E-state index in [1.807, 2.05) is 55.6 Å². The van der Waals surface area contributed by atoms with E-state index in [1.165, 1.54) is 19.2 Å². The van der Waals surface area contributed by atoms with Gasteiger partial charge in [0.1, 0.15) is 28.7 Å². The maximum atomic E-state index is 14.4. The smallest absolute Gasteiger partial charge is 0.259 e. The Morgan fingerprint density at radius 1 is 1.11 bits per heavy atom. The van der Waals surface area contributed by atoms with E-state index in [0.717, 1.165) is 16.8 Å². The molecule has 5 nitrogen and oxygen atoms in total. The van der Waals surface area contributed by atoms with E-state index in [1.54, 1.807) is 10.5 Å². The highest BCUT2D eigenvalue weighted by molar-refractivity contribution is 6.06. The number of carbonyl (C=O) groups is 1. The number of nitrogens with zero attached hydrogens (tertiary/aromatic N) is 2. The lowest BCUT2D eigenvalue weighted by atomic mass is 10.1. The quantitative estimate of drug-likeness (QED) is 0.562. The van der Waals surface area contributed by atoms with Gasteiger partial charge in [-0.25, -0.2) is 9.37 Å². The van der Waals surface area contributed by atoms with Gasteiger partial charge in [0.25, 0.3) is 5.91 Å². The number of hydrogen-bond acceptors (Lipinski definition) is 3. The molecule has 1 amide bonds. The summed E-state index contributed by atoms with van der Waals surface area (Å²) in [6.07, 6.45) is 1.82. The first kappa shape index (κ1) is 17.7. The summed E-state index contributed by atoms with van der Waals surface area (Å²) in [5.41, 5.74) is 3.11. The van der Waals surface area contributed by atoms with E-state index in [-0.39, 0.29) is 5.56 Å². The zero-order valence-corrected chi connectivity index (χ0v) is 15.4. The molecule has 0 aliphatic carbocycles. The van der Waals surface area contributed by atoms with Gasteiger partial charge in [-0.15, -0.1) is 0 Å². The molecular weight excluding hydrogens is 357 g/mol. The third-order valence-corrected chi connectivity index (χ3v) is 4.55. The third-order valence-electron chi connectivity index (χ3n) is 4.55. The lowest BCUT2D eigenvalue weighted by molar-refractivity contribution is 0.102. The van der Waals surface area contributed by atoms with E-state index < -0.39 is 11.7 Å². The van der Waals surface area contributed by atoms with Gasteiger partial charge in [0, 0.05) is 17.8 Å². The minimum Gasteiger partial charge on any atom is -0.497 e. The predicted molar refractivity (Wildman–Crippen MR) is 106 cm³/mol. The number of hydrogen-bond donors (Lipinski definition) is 1. The SMILES string of the molecule is COc1ccc(C(=O)Nc2c(-c3ccccc3)nc3c(C)cccn23)c(F)c1. The van der Waals surface area contributed by atoms with Crippen LogP contribution in [0.2, 0.25) is 0 Å². The van der Waals surface area contributed by atoms with Crippen LogP contribution in [-0.2, 0) is 0 Å². The molecule has 0 aliphatic heterocycles. The van der Waals surface area contributed by atoms with E-state index in [9.17, 15) is 9.18 Å². The summed E-state index contributed by atoms with van der Waals surface area (Å²) < 4.78 is 21.2. The van der Waals surface area contributed by atoms with Gasteiger partial charge in [-0.05, 0) is 30.7 Å². The second-order valence-electron chi connectivity index (χ2n) is 6.36. The molecule has 1 N–H and O–H groups in total. The minimum atomic E-state index is -0.650. The molecule has 2 aromatic heterocycles. The van der Waals surface area contributed by atoms with Crippen molar-refractivity contribution in [2.24, 2.45) is 0 Å². The van der Waals surface area contributed by atoms with Gasteiger partial charge in [0.05, 0.1) is 12.7 Å². The van der Waals surface area contributed by atoms with Crippen LogP contribution in [0.5, 0.6) is 5.75 Å². The molecular formula is C22H18FN3O2. The summed E-state index contributed by atoms with van der Waals surface area (Å²) in [7, 11) is 1.45. The second kappa shape index (κ2) is 7.15. The number of anilines is 1. The summed E-state index contributed by atoms with van der Waals surface area (Å²) in [5, 5.41) is 2.83. The summed E-state index contributed by atoms with van der Waals surface area (Å²) >= 11 is 0. The molecule has 4 rings (SSSR count). The lowest BCUT2D eigenvalue weighted by Gasteiger charge is -2.09. The van der Waals surface area contributed by atoms with E-state index in [4.69, 9.17) is 9.72 Å². The molecule has 140 valence electrons. The molecule has 6 heteroatoms. The Balaban J connectivity index is 1.82. The van der Waals surface area contributed by atoms with E-state index >= 15 is 0 Å². The Kier molecular flexibility index (Phi) is 4.53. The molecule has 0 radical (unpaired) electrons. The number of aromatic nitrogens is 2. The van der Waals surface area contributed by atoms with Gasteiger partial charge < -0.3 is 10.1 Å². The number of carbonyl (C=O) groups excluding carboxylic acids is 1. The number of halogens is 1. The molecule has 2 heterocycles. The zero-order valence-electron chi connectivity index (χ0n) is 15.4. The van der Waals surface area contributed by atoms with Crippen molar-refractivity contribution in [1.82, 2.24) is 9.38 Å². The van der Waals surface area contributed by atoms with E-state index in [0.29, 0.717) is 17.3 Å². The fourth-order valence-corrected chi connectivity index (χ4v) is 3.10. The van der Waals surface area contributed by atoms with Gasteiger partial charge in [0.2, 0.25) is 0 Å². The van der Waals surface area contributed by atoms with Gasteiger partial charge in [-0.3, -0.25) is 9.20 Å². The third kappa shape index (κ3) is 3.09. The number of imidazole rings is 1. The Labute approximate surface area is 161 Å². The maximum absolute atomic E-state index is 14.4. The van der Waals surface area contributed by atoms with Crippen LogP contribution in [0.25, 0.3) is 16.9 Å². The van der Waals surface area contributed by atoms with Crippen molar-refractivity contribution in [2.75, 3.05) is 12.4 Å². The first-order valence-electron chi connectivity index (χ1n) is 8.76. The largest absolute Gasteiger partial charge is 0.497 e. The predicted octanol–water partition coefficient (Wildman–Crippen LogP) is 4.71. The molecule has 4 aromatic rings. The number of nitrogens with one attached hydrogen (secondary N) is 1. The maximum Gasteiger partial charge on any atom is 0.259 e. The van der Waals surface area contributed by atoms with Crippen LogP contribution in [0.4, 0.5) is 10.2 Å². The monoisotopic (exact) mass is 375 g/mol. The number of pyridine rings is 1. The minimum absolute atomic E-state index is 0.0672. The van der Waals surface area contributed by atoms with Gasteiger partial charge in [-0.2, -0.15) is 0 Å². The van der Waals surface area contributed by atoms with Crippen molar-refractivity contribution in [3.8, 4) is 17.0 Å². The van der Waals surface area contributed by atoms with Gasteiger partial charge in [-0.1, -0.05) is 36.4 Å². The van der Waals surface area contributed by atoms with Gasteiger partial charge >= 0.3 is 0 Å². The van der Waals surface area contributed by atoms with Crippen molar-refractivity contribution >= 4 is 17.4 Å². The number of aryl methyl sites for hydroxylation is 1. The van der Waals surface area contributed by atoms with Crippen molar-refractivity contribution in [3.05, 3.63) is 83.8 Å². The molecule has 0 unspecified atom stereocenters. The Morgan fingerprint density at radius 2 is 1.89 bits per heavy atom. The zero-order chi connectivity index (χ0) is 19.7. The molecule has 0 bridgehead atoms. The molecule has 0 atom stereocenters. The fraction of sp³-hybridized carbons (Fsp3) is 0.0909. The number of methoxy groups -OCH3 is 1. The topological polar surface area (TPSA) is 55.6 Å². The van der Waals surface area contributed by atoms with Crippen LogP contribution in [-0.4, -0.2) is 22.4 Å². The first-order chi connectivity index (χ1) is 13.6. The van der Waals surface area contributed by atoms with Crippen molar-refractivity contribution in [3.63, 3.8) is 0 Å². The van der Waals surface area contributed by atoms with Crippen molar-refractivity contribution in [2.45, 2.75) is 6.92 Å². The van der Waals surface area contributed by atoms with Crippen LogP contribution in [0, 0.1) is 12.7 Å². The normalized spacial score (nSPS) is 10.8. The average molecular weight is 375 g/mol. The van der Waals surface area contributed by atoms with Gasteiger partial charge in [0.15, 0.2) is 0 Å². The van der Waals surface area contributed by atoms with Crippen LogP contribution in [0.1, 0.15) is 15.9 Å². The molecule has 0 saturated heterocycles. The van der Waals surface area contributed by atoms with Crippen molar-refractivity contribution < 1.29 is 13.9 Å². The highest BCUT2D eigenvalue weighted by Gasteiger charge is 2.20. The van der Waals surface area contributed by atoms with Crippen LogP contribution in [0.3, 0.4) is 0 Å². The number of ether oxygens (including phenoxy) is 1. The fourth-order valence-electron chi connectivity index (χ4n) is 3.10. The summed E-state index contributed by atoms with van der Waals surface area (Å²) in [4.78, 5) is 17.5. The summed E-state index contributed by atoms with van der Waals surface area (Å²) in [5.74, 6) is -0.363. The number of benzene rings is 2. The number of fused-ring (bicyclic) bond motifs is 1. The average Bonchev–Trinajstić information content (AvgIpc) is 3.08. The van der Waals surface area contributed by atoms with Crippen LogP contribution >= 0.6 is 0 Å². The first-order valence-corrected chi connectivity index (χ1v) is 8.76.